The standard InChI is InChI=1S/C14H25NO3/c1-11(2)7-8-12(16)15-14(13(17)18)9-5-3-4-6-10-14/h11H,3-10H2,1-2H3,(H,15,16)(H,17,18). The number of hydrogen-bond acceptors (Lipinski definition) is 2. The molecule has 1 fully saturated rings. The van der Waals surface area contributed by atoms with Crippen molar-refractivity contribution in [1.29, 1.82) is 0 Å². The van der Waals surface area contributed by atoms with E-state index in [4.69, 9.17) is 0 Å². The van der Waals surface area contributed by atoms with Crippen molar-refractivity contribution < 1.29 is 14.7 Å². The van der Waals surface area contributed by atoms with Gasteiger partial charge in [0.25, 0.3) is 0 Å². The van der Waals surface area contributed by atoms with E-state index in [0.717, 1.165) is 32.1 Å². The first kappa shape index (κ1) is 15.0. The second-order valence-electron chi connectivity index (χ2n) is 5.78. The molecule has 0 bridgehead atoms. The Kier molecular flexibility index (Phi) is 5.63. The van der Waals surface area contributed by atoms with Crippen LogP contribution in [0.25, 0.3) is 0 Å². The van der Waals surface area contributed by atoms with Gasteiger partial charge >= 0.3 is 5.97 Å². The molecule has 0 spiro atoms. The molecule has 4 nitrogen and oxygen atoms in total. The zero-order valence-corrected chi connectivity index (χ0v) is 11.5. The number of carboxylic acids is 1. The zero-order chi connectivity index (χ0) is 13.6. The fourth-order valence-corrected chi connectivity index (χ4v) is 2.47. The zero-order valence-electron chi connectivity index (χ0n) is 11.5. The fourth-order valence-electron chi connectivity index (χ4n) is 2.47. The minimum atomic E-state index is -1.01. The molecule has 0 radical (unpaired) electrons. The van der Waals surface area contributed by atoms with E-state index in [1.165, 1.54) is 0 Å². The van der Waals surface area contributed by atoms with Gasteiger partial charge in [0.05, 0.1) is 0 Å². The van der Waals surface area contributed by atoms with E-state index >= 15 is 0 Å². The summed E-state index contributed by atoms with van der Waals surface area (Å²) in [5, 5.41) is 12.2. The van der Waals surface area contributed by atoms with E-state index in [-0.39, 0.29) is 5.91 Å². The maximum absolute atomic E-state index is 11.9. The lowest BCUT2D eigenvalue weighted by Gasteiger charge is -2.29. The molecular weight excluding hydrogens is 230 g/mol. The smallest absolute Gasteiger partial charge is 0.329 e. The van der Waals surface area contributed by atoms with Gasteiger partial charge in [-0.3, -0.25) is 4.79 Å². The normalized spacial score (nSPS) is 19.3. The van der Waals surface area contributed by atoms with E-state index in [1.807, 2.05) is 0 Å². The minimum absolute atomic E-state index is 0.118. The first-order valence-corrected chi connectivity index (χ1v) is 7.01. The summed E-state index contributed by atoms with van der Waals surface area (Å²) in [5.41, 5.74) is -1.01. The van der Waals surface area contributed by atoms with Crippen LogP contribution in [0.1, 0.15) is 65.2 Å². The molecule has 0 aromatic carbocycles. The summed E-state index contributed by atoms with van der Waals surface area (Å²) < 4.78 is 0. The van der Waals surface area contributed by atoms with Gasteiger partial charge in [-0.05, 0) is 25.2 Å². The number of carboxylic acid groups (broad SMARTS) is 1. The van der Waals surface area contributed by atoms with Crippen LogP contribution in [0.2, 0.25) is 0 Å². The quantitative estimate of drug-likeness (QED) is 0.742. The van der Waals surface area contributed by atoms with Crippen LogP contribution in [-0.2, 0) is 9.59 Å². The van der Waals surface area contributed by atoms with Crippen molar-refractivity contribution in [2.24, 2.45) is 5.92 Å². The van der Waals surface area contributed by atoms with Crippen LogP contribution in [0, 0.1) is 5.92 Å². The summed E-state index contributed by atoms with van der Waals surface area (Å²) in [7, 11) is 0. The van der Waals surface area contributed by atoms with Gasteiger partial charge in [-0.2, -0.15) is 0 Å². The van der Waals surface area contributed by atoms with Gasteiger partial charge in [0.15, 0.2) is 0 Å². The Bertz CT molecular complexity index is 291. The molecule has 4 heteroatoms. The summed E-state index contributed by atoms with van der Waals surface area (Å²) in [6.45, 7) is 4.12. The van der Waals surface area contributed by atoms with E-state index in [2.05, 4.69) is 19.2 Å². The Hall–Kier alpha value is -1.06. The lowest BCUT2D eigenvalue weighted by Crippen LogP contribution is -2.54. The van der Waals surface area contributed by atoms with Crippen molar-refractivity contribution in [3.63, 3.8) is 0 Å². The van der Waals surface area contributed by atoms with Gasteiger partial charge in [-0.15, -0.1) is 0 Å². The largest absolute Gasteiger partial charge is 0.480 e. The van der Waals surface area contributed by atoms with Crippen LogP contribution >= 0.6 is 0 Å². The number of hydrogen-bond donors (Lipinski definition) is 2. The van der Waals surface area contributed by atoms with Crippen molar-refractivity contribution in [2.75, 3.05) is 0 Å². The molecule has 18 heavy (non-hydrogen) atoms. The van der Waals surface area contributed by atoms with Crippen LogP contribution in [0.4, 0.5) is 0 Å². The molecule has 0 saturated heterocycles. The molecule has 0 aromatic rings. The Morgan fingerprint density at radius 3 is 2.17 bits per heavy atom. The highest BCUT2D eigenvalue weighted by Crippen LogP contribution is 2.27. The third-order valence-electron chi connectivity index (χ3n) is 3.69. The lowest BCUT2D eigenvalue weighted by atomic mass is 9.90. The third-order valence-corrected chi connectivity index (χ3v) is 3.69. The highest BCUT2D eigenvalue weighted by atomic mass is 16.4. The molecule has 1 rings (SSSR count). The lowest BCUT2D eigenvalue weighted by molar-refractivity contribution is -0.148. The highest BCUT2D eigenvalue weighted by molar-refractivity contribution is 5.87. The molecule has 1 aliphatic carbocycles. The first-order chi connectivity index (χ1) is 8.46. The van der Waals surface area contributed by atoms with Crippen molar-refractivity contribution in [1.82, 2.24) is 5.32 Å². The predicted octanol–water partition coefficient (Wildman–Crippen LogP) is 2.72. The maximum atomic E-state index is 11.9. The second kappa shape index (κ2) is 6.76. The highest BCUT2D eigenvalue weighted by Gasteiger charge is 2.39. The van der Waals surface area contributed by atoms with Crippen molar-refractivity contribution in [2.45, 2.75) is 70.8 Å². The van der Waals surface area contributed by atoms with Crippen LogP contribution in [0.5, 0.6) is 0 Å². The van der Waals surface area contributed by atoms with Crippen LogP contribution in [0.15, 0.2) is 0 Å². The number of amides is 1. The molecule has 1 amide bonds. The summed E-state index contributed by atoms with van der Waals surface area (Å²) in [4.78, 5) is 23.4. The fraction of sp³-hybridized carbons (Fsp3) is 0.857. The van der Waals surface area contributed by atoms with E-state index in [0.29, 0.717) is 25.2 Å². The monoisotopic (exact) mass is 255 g/mol. The SMILES string of the molecule is CC(C)CCC(=O)NC1(C(=O)O)CCCCCC1. The molecule has 104 valence electrons. The molecule has 2 N–H and O–H groups in total. The number of carbonyl (C=O) groups is 2. The summed E-state index contributed by atoms with van der Waals surface area (Å²) >= 11 is 0. The molecule has 0 heterocycles. The summed E-state index contributed by atoms with van der Waals surface area (Å²) in [6.07, 6.45) is 6.26. The number of carbonyl (C=O) groups excluding carboxylic acids is 1. The van der Waals surface area contributed by atoms with Crippen LogP contribution in [-0.4, -0.2) is 22.5 Å². The predicted molar refractivity (Wildman–Crippen MR) is 70.3 cm³/mol. The van der Waals surface area contributed by atoms with E-state index in [1.54, 1.807) is 0 Å². The molecule has 0 aliphatic heterocycles. The molecule has 1 aliphatic rings. The van der Waals surface area contributed by atoms with Crippen molar-refractivity contribution >= 4 is 11.9 Å². The molecule has 1 saturated carbocycles. The van der Waals surface area contributed by atoms with Gasteiger partial charge in [0, 0.05) is 6.42 Å². The summed E-state index contributed by atoms with van der Waals surface area (Å²) in [6, 6.07) is 0. The topological polar surface area (TPSA) is 66.4 Å². The van der Waals surface area contributed by atoms with Crippen LogP contribution < -0.4 is 5.32 Å². The van der Waals surface area contributed by atoms with E-state index in [9.17, 15) is 14.7 Å². The van der Waals surface area contributed by atoms with Gasteiger partial charge in [0.2, 0.25) is 5.91 Å². The molecule has 0 aromatic heterocycles. The minimum Gasteiger partial charge on any atom is -0.480 e. The maximum Gasteiger partial charge on any atom is 0.329 e. The summed E-state index contributed by atoms with van der Waals surface area (Å²) in [5.74, 6) is -0.527. The Balaban J connectivity index is 2.61. The number of nitrogens with one attached hydrogen (secondary N) is 1. The van der Waals surface area contributed by atoms with Gasteiger partial charge in [0.1, 0.15) is 5.54 Å². The average molecular weight is 255 g/mol. The first-order valence-electron chi connectivity index (χ1n) is 7.01. The molecule has 0 atom stereocenters. The third kappa shape index (κ3) is 4.31. The molecular formula is C14H25NO3. The molecule has 0 unspecified atom stereocenters. The van der Waals surface area contributed by atoms with Gasteiger partial charge in [-0.1, -0.05) is 39.5 Å². The van der Waals surface area contributed by atoms with E-state index < -0.39 is 11.5 Å². The van der Waals surface area contributed by atoms with Gasteiger partial charge < -0.3 is 10.4 Å². The second-order valence-corrected chi connectivity index (χ2v) is 5.78. The van der Waals surface area contributed by atoms with Crippen molar-refractivity contribution in [3.05, 3.63) is 0 Å². The number of aliphatic carboxylic acids is 1. The Morgan fingerprint density at radius 2 is 1.72 bits per heavy atom. The average Bonchev–Trinajstić information content (AvgIpc) is 2.53. The Morgan fingerprint density at radius 1 is 1.17 bits per heavy atom. The van der Waals surface area contributed by atoms with Gasteiger partial charge in [-0.25, -0.2) is 4.79 Å². The van der Waals surface area contributed by atoms with Crippen LogP contribution in [0.3, 0.4) is 0 Å². The number of rotatable bonds is 5. The van der Waals surface area contributed by atoms with Crippen molar-refractivity contribution in [3.8, 4) is 0 Å². The Labute approximate surface area is 109 Å².